The number of amides is 1. The maximum Gasteiger partial charge on any atom is 0.260 e. The molecule has 1 atom stereocenters. The van der Waals surface area contributed by atoms with Gasteiger partial charge in [-0.25, -0.2) is 4.39 Å². The summed E-state index contributed by atoms with van der Waals surface area (Å²) in [4.78, 5) is 21.2. The van der Waals surface area contributed by atoms with Gasteiger partial charge in [0.2, 0.25) is 0 Å². The van der Waals surface area contributed by atoms with Crippen LogP contribution < -0.4 is 0 Å². The summed E-state index contributed by atoms with van der Waals surface area (Å²) in [5.41, 5.74) is -0.283. The Morgan fingerprint density at radius 2 is 2.07 bits per heavy atom. The first-order valence-corrected chi connectivity index (χ1v) is 10.1. The van der Waals surface area contributed by atoms with Crippen LogP contribution in [0.5, 0.6) is 0 Å². The fourth-order valence-electron chi connectivity index (χ4n) is 5.03. The molecule has 3 aliphatic rings. The maximum atomic E-state index is 14.5. The number of carbonyl (C=O) groups is 1. The van der Waals surface area contributed by atoms with Crippen LogP contribution in [-0.2, 0) is 16.1 Å². The van der Waals surface area contributed by atoms with Crippen molar-refractivity contribution in [2.24, 2.45) is 5.41 Å². The van der Waals surface area contributed by atoms with Crippen LogP contribution in [0, 0.1) is 5.41 Å². The summed E-state index contributed by atoms with van der Waals surface area (Å²) < 4.78 is 20.0. The third-order valence-corrected chi connectivity index (χ3v) is 6.81. The highest BCUT2D eigenvalue weighted by Gasteiger charge is 2.50. The van der Waals surface area contributed by atoms with Gasteiger partial charge in [0, 0.05) is 45.5 Å². The average molecular weight is 375 g/mol. The minimum Gasteiger partial charge on any atom is -0.383 e. The number of pyridine rings is 1. The van der Waals surface area contributed by atoms with Crippen LogP contribution >= 0.6 is 0 Å². The molecule has 1 spiro atoms. The number of likely N-dealkylation sites (tertiary alicyclic amines) is 2. The Balaban J connectivity index is 1.39. The fraction of sp³-hybridized carbons (Fsp3) is 0.714. The Morgan fingerprint density at radius 3 is 2.67 bits per heavy atom. The van der Waals surface area contributed by atoms with Crippen molar-refractivity contribution in [3.8, 4) is 0 Å². The van der Waals surface area contributed by atoms with Crippen LogP contribution in [0.25, 0.3) is 0 Å². The van der Waals surface area contributed by atoms with Gasteiger partial charge in [0.1, 0.15) is 0 Å². The molecule has 0 N–H and O–H groups in total. The summed E-state index contributed by atoms with van der Waals surface area (Å²) in [6.07, 6.45) is 6.46. The Morgan fingerprint density at radius 1 is 1.30 bits per heavy atom. The van der Waals surface area contributed by atoms with E-state index in [1.807, 2.05) is 18.3 Å². The predicted molar refractivity (Wildman–Crippen MR) is 101 cm³/mol. The van der Waals surface area contributed by atoms with Crippen LogP contribution in [-0.4, -0.2) is 65.8 Å². The Labute approximate surface area is 160 Å². The van der Waals surface area contributed by atoms with Crippen molar-refractivity contribution >= 4 is 5.91 Å². The van der Waals surface area contributed by atoms with Crippen molar-refractivity contribution in [2.45, 2.75) is 56.8 Å². The molecule has 1 aliphatic carbocycles. The van der Waals surface area contributed by atoms with Crippen LogP contribution in [0.2, 0.25) is 0 Å². The smallest absolute Gasteiger partial charge is 0.260 e. The van der Waals surface area contributed by atoms with Crippen LogP contribution in [0.15, 0.2) is 24.4 Å². The summed E-state index contributed by atoms with van der Waals surface area (Å²) in [5.74, 6) is -0.264. The highest BCUT2D eigenvalue weighted by molar-refractivity contribution is 5.86. The first-order chi connectivity index (χ1) is 13.0. The van der Waals surface area contributed by atoms with Gasteiger partial charge in [0.15, 0.2) is 5.67 Å². The molecule has 5 nitrogen and oxygen atoms in total. The summed E-state index contributed by atoms with van der Waals surface area (Å²) in [6, 6.07) is 6.40. The first-order valence-electron chi connectivity index (χ1n) is 10.1. The standard InChI is InChI=1S/C21H30FN3O2/c1-27-15-18-13-20(16-25(18)14-17-5-2-3-10-23-17)8-11-24(12-9-20)19(26)21(22)6-4-7-21/h2-3,5,10,18H,4,6-9,11-16H2,1H3. The number of hydrogen-bond donors (Lipinski definition) is 0. The molecule has 0 radical (unpaired) electrons. The molecule has 0 aromatic carbocycles. The molecule has 0 bridgehead atoms. The second-order valence-corrected chi connectivity index (χ2v) is 8.65. The van der Waals surface area contributed by atoms with Crippen molar-refractivity contribution in [1.29, 1.82) is 0 Å². The Hall–Kier alpha value is -1.53. The second kappa shape index (κ2) is 7.47. The van der Waals surface area contributed by atoms with E-state index in [-0.39, 0.29) is 11.3 Å². The lowest BCUT2D eigenvalue weighted by Gasteiger charge is -2.43. The van der Waals surface area contributed by atoms with Gasteiger partial charge < -0.3 is 9.64 Å². The number of nitrogens with zero attached hydrogens (tertiary/aromatic N) is 3. The number of methoxy groups -OCH3 is 1. The van der Waals surface area contributed by atoms with Crippen molar-refractivity contribution in [3.05, 3.63) is 30.1 Å². The van der Waals surface area contributed by atoms with E-state index in [4.69, 9.17) is 4.74 Å². The quantitative estimate of drug-likeness (QED) is 0.794. The van der Waals surface area contributed by atoms with Gasteiger partial charge in [-0.2, -0.15) is 0 Å². The molecule has 6 heteroatoms. The van der Waals surface area contributed by atoms with E-state index >= 15 is 0 Å². The lowest BCUT2D eigenvalue weighted by Crippen LogP contribution is -2.54. The normalized spacial score (nSPS) is 26.9. The molecule has 1 amide bonds. The lowest BCUT2D eigenvalue weighted by atomic mass is 9.75. The van der Waals surface area contributed by atoms with Gasteiger partial charge in [-0.3, -0.25) is 14.7 Å². The number of carbonyl (C=O) groups excluding carboxylic acids is 1. The topological polar surface area (TPSA) is 45.7 Å². The SMILES string of the molecule is COCC1CC2(CCN(C(=O)C3(F)CCC3)CC2)CN1Cc1ccccn1. The Kier molecular flexibility index (Phi) is 5.21. The third-order valence-electron chi connectivity index (χ3n) is 6.81. The van der Waals surface area contributed by atoms with Gasteiger partial charge in [-0.1, -0.05) is 6.07 Å². The highest BCUT2D eigenvalue weighted by atomic mass is 19.1. The zero-order valence-electron chi connectivity index (χ0n) is 16.2. The second-order valence-electron chi connectivity index (χ2n) is 8.65. The summed E-state index contributed by atoms with van der Waals surface area (Å²) >= 11 is 0. The molecule has 4 rings (SSSR count). The van der Waals surface area contributed by atoms with Crippen molar-refractivity contribution in [2.75, 3.05) is 33.4 Å². The van der Waals surface area contributed by atoms with Crippen molar-refractivity contribution < 1.29 is 13.9 Å². The maximum absolute atomic E-state index is 14.5. The van der Waals surface area contributed by atoms with Crippen molar-refractivity contribution in [3.63, 3.8) is 0 Å². The average Bonchev–Trinajstić information content (AvgIpc) is 2.97. The zero-order valence-corrected chi connectivity index (χ0v) is 16.2. The van der Waals surface area contributed by atoms with Crippen molar-refractivity contribution in [1.82, 2.24) is 14.8 Å². The number of ether oxygens (including phenoxy) is 1. The molecule has 2 aliphatic heterocycles. The zero-order chi connectivity index (χ0) is 18.9. The molecule has 3 fully saturated rings. The van der Waals surface area contributed by atoms with E-state index in [0.29, 0.717) is 38.6 Å². The molecule has 3 heterocycles. The molecule has 1 saturated carbocycles. The summed E-state index contributed by atoms with van der Waals surface area (Å²) in [6.45, 7) is 3.90. The molecule has 27 heavy (non-hydrogen) atoms. The summed E-state index contributed by atoms with van der Waals surface area (Å²) in [5, 5.41) is 0. The molecule has 1 unspecified atom stereocenters. The number of hydrogen-bond acceptors (Lipinski definition) is 4. The predicted octanol–water partition coefficient (Wildman–Crippen LogP) is 2.80. The number of alkyl halides is 1. The van der Waals surface area contributed by atoms with E-state index in [1.165, 1.54) is 0 Å². The fourth-order valence-corrected chi connectivity index (χ4v) is 5.03. The minimum absolute atomic E-state index is 0.206. The van der Waals surface area contributed by atoms with Gasteiger partial charge in [-0.15, -0.1) is 0 Å². The third kappa shape index (κ3) is 3.74. The monoisotopic (exact) mass is 375 g/mol. The van der Waals surface area contributed by atoms with Crippen LogP contribution in [0.1, 0.15) is 44.2 Å². The Bertz CT molecular complexity index is 657. The molecule has 148 valence electrons. The van der Waals surface area contributed by atoms with Crippen LogP contribution in [0.3, 0.4) is 0 Å². The lowest BCUT2D eigenvalue weighted by molar-refractivity contribution is -0.152. The molecular weight excluding hydrogens is 345 g/mol. The highest BCUT2D eigenvalue weighted by Crippen LogP contribution is 2.45. The van der Waals surface area contributed by atoms with Gasteiger partial charge in [0.25, 0.3) is 5.91 Å². The summed E-state index contributed by atoms with van der Waals surface area (Å²) in [7, 11) is 1.75. The first kappa shape index (κ1) is 18.8. The van der Waals surface area contributed by atoms with E-state index in [9.17, 15) is 9.18 Å². The molecular formula is C21H30FN3O2. The molecule has 2 saturated heterocycles. The molecule has 1 aromatic rings. The van der Waals surface area contributed by atoms with E-state index in [1.54, 1.807) is 12.0 Å². The van der Waals surface area contributed by atoms with Gasteiger partial charge in [0.05, 0.1) is 12.3 Å². The minimum atomic E-state index is -1.57. The number of aromatic nitrogens is 1. The van der Waals surface area contributed by atoms with E-state index in [0.717, 1.165) is 44.5 Å². The van der Waals surface area contributed by atoms with Gasteiger partial charge >= 0.3 is 0 Å². The van der Waals surface area contributed by atoms with Gasteiger partial charge in [-0.05, 0) is 56.1 Å². The number of halogens is 1. The number of piperidine rings is 1. The molecule has 1 aromatic heterocycles. The van der Waals surface area contributed by atoms with E-state index < -0.39 is 5.67 Å². The van der Waals surface area contributed by atoms with E-state index in [2.05, 4.69) is 16.0 Å². The largest absolute Gasteiger partial charge is 0.383 e. The van der Waals surface area contributed by atoms with Crippen LogP contribution in [0.4, 0.5) is 4.39 Å². The number of rotatable bonds is 5.